The minimum Gasteiger partial charge on any atom is -0.475 e. The van der Waals surface area contributed by atoms with E-state index in [0.717, 1.165) is 22.1 Å². The third-order valence-electron chi connectivity index (χ3n) is 4.92. The van der Waals surface area contributed by atoms with Gasteiger partial charge in [0.05, 0.1) is 11.0 Å². The summed E-state index contributed by atoms with van der Waals surface area (Å²) in [5.74, 6) is 0.156. The van der Waals surface area contributed by atoms with E-state index in [1.54, 1.807) is 6.20 Å². The molecular weight excluding hydrogens is 341 g/mol. The maximum atomic E-state index is 14.6. The van der Waals surface area contributed by atoms with Gasteiger partial charge in [0.25, 0.3) is 0 Å². The van der Waals surface area contributed by atoms with E-state index in [4.69, 9.17) is 4.74 Å². The summed E-state index contributed by atoms with van der Waals surface area (Å²) in [6, 6.07) is 21.7. The number of hydrogen-bond acceptors (Lipinski definition) is 3. The van der Waals surface area contributed by atoms with E-state index in [9.17, 15) is 4.57 Å². The van der Waals surface area contributed by atoms with Crippen molar-refractivity contribution in [3.8, 4) is 16.9 Å². The van der Waals surface area contributed by atoms with Crippen molar-refractivity contribution in [2.24, 2.45) is 0 Å². The number of hydrogen-bond donors (Lipinski definition) is 0. The van der Waals surface area contributed by atoms with Crippen LogP contribution in [0.3, 0.4) is 0 Å². The van der Waals surface area contributed by atoms with Crippen molar-refractivity contribution >= 4 is 12.4 Å². The molecule has 0 N–H and O–H groups in total. The first kappa shape index (κ1) is 17.1. The van der Waals surface area contributed by atoms with Gasteiger partial charge in [0, 0.05) is 11.4 Å². The Hall–Kier alpha value is -2.38. The Balaban J connectivity index is 1.99. The quantitative estimate of drug-likeness (QED) is 0.554. The lowest BCUT2D eigenvalue weighted by Gasteiger charge is -2.32. The first-order chi connectivity index (χ1) is 12.4. The van der Waals surface area contributed by atoms with Crippen molar-refractivity contribution < 1.29 is 9.30 Å². The number of nitrogens with zero attached hydrogens (tertiary/aromatic N) is 1. The minimum atomic E-state index is -2.96. The van der Waals surface area contributed by atoms with Crippen LogP contribution in [0.5, 0.6) is 5.75 Å². The minimum absolute atomic E-state index is 0.453. The molecular formula is C22H22NO2P. The zero-order valence-electron chi connectivity index (χ0n) is 15.2. The molecule has 0 saturated carbocycles. The summed E-state index contributed by atoms with van der Waals surface area (Å²) < 4.78 is 20.9. The standard InChI is InChI=1S/C22H22NO2P/c1-22(2,3)26(24)20-17(16-10-5-4-6-11-16)12-9-14-19(20)25-21(26)18-13-7-8-15-23-18/h4-15,21H,1-3H3/t21-,26+/m1/s1. The second kappa shape index (κ2) is 6.10. The van der Waals surface area contributed by atoms with Crippen molar-refractivity contribution in [3.05, 3.63) is 78.6 Å². The van der Waals surface area contributed by atoms with E-state index in [2.05, 4.69) is 17.1 Å². The fourth-order valence-corrected chi connectivity index (χ4v) is 6.99. The van der Waals surface area contributed by atoms with Crippen molar-refractivity contribution in [2.75, 3.05) is 0 Å². The van der Waals surface area contributed by atoms with Gasteiger partial charge in [0.2, 0.25) is 0 Å². The molecule has 0 radical (unpaired) electrons. The Morgan fingerprint density at radius 3 is 2.31 bits per heavy atom. The van der Waals surface area contributed by atoms with Crippen LogP contribution in [-0.4, -0.2) is 10.1 Å². The summed E-state index contributed by atoms with van der Waals surface area (Å²) in [5.41, 5.74) is 2.76. The fourth-order valence-electron chi connectivity index (χ4n) is 3.58. The monoisotopic (exact) mass is 363 g/mol. The molecule has 2 aromatic carbocycles. The van der Waals surface area contributed by atoms with Crippen LogP contribution in [0, 0.1) is 0 Å². The zero-order valence-corrected chi connectivity index (χ0v) is 16.1. The summed E-state index contributed by atoms with van der Waals surface area (Å²) in [7, 11) is -2.96. The van der Waals surface area contributed by atoms with Gasteiger partial charge >= 0.3 is 0 Å². The van der Waals surface area contributed by atoms with Gasteiger partial charge < -0.3 is 9.30 Å². The maximum absolute atomic E-state index is 14.6. The molecule has 0 unspecified atom stereocenters. The largest absolute Gasteiger partial charge is 0.475 e. The van der Waals surface area contributed by atoms with E-state index in [1.807, 2.05) is 75.4 Å². The summed E-state index contributed by atoms with van der Waals surface area (Å²) in [6.45, 7) is 6.10. The number of benzene rings is 2. The third-order valence-corrected chi connectivity index (χ3v) is 9.07. The van der Waals surface area contributed by atoms with Crippen LogP contribution in [0.25, 0.3) is 11.1 Å². The Kier molecular flexibility index (Phi) is 4.00. The second-order valence-corrected chi connectivity index (χ2v) is 11.1. The highest BCUT2D eigenvalue weighted by atomic mass is 31.2. The first-order valence-electron chi connectivity index (χ1n) is 8.79. The predicted molar refractivity (Wildman–Crippen MR) is 106 cm³/mol. The van der Waals surface area contributed by atoms with Crippen LogP contribution >= 0.6 is 7.14 Å². The first-order valence-corrected chi connectivity index (χ1v) is 10.6. The normalized spacial score (nSPS) is 21.9. The van der Waals surface area contributed by atoms with Gasteiger partial charge in [0.1, 0.15) is 5.75 Å². The summed E-state index contributed by atoms with van der Waals surface area (Å²) in [4.78, 5) is 4.46. The third kappa shape index (κ3) is 2.50. The van der Waals surface area contributed by atoms with E-state index in [0.29, 0.717) is 5.75 Å². The van der Waals surface area contributed by atoms with Crippen molar-refractivity contribution in [1.29, 1.82) is 0 Å². The van der Waals surface area contributed by atoms with Gasteiger partial charge in [-0.15, -0.1) is 0 Å². The van der Waals surface area contributed by atoms with Gasteiger partial charge in [-0.05, 0) is 29.3 Å². The molecule has 0 amide bonds. The second-order valence-electron chi connectivity index (χ2n) is 7.57. The number of pyridine rings is 1. The average molecular weight is 363 g/mol. The number of rotatable bonds is 2. The molecule has 4 heteroatoms. The smallest absolute Gasteiger partial charge is 0.197 e. The molecule has 2 heterocycles. The summed E-state index contributed by atoms with van der Waals surface area (Å²) in [6.07, 6.45) is 1.73. The van der Waals surface area contributed by atoms with Crippen molar-refractivity contribution in [2.45, 2.75) is 31.8 Å². The van der Waals surface area contributed by atoms with Crippen molar-refractivity contribution in [1.82, 2.24) is 4.98 Å². The molecule has 132 valence electrons. The lowest BCUT2D eigenvalue weighted by Crippen LogP contribution is -2.25. The Morgan fingerprint density at radius 2 is 1.65 bits per heavy atom. The SMILES string of the molecule is CC(C)(C)[P@]1(=O)c2c(cccc2-c2ccccc2)O[C@H]1c1ccccn1. The van der Waals surface area contributed by atoms with Crippen LogP contribution in [0.2, 0.25) is 0 Å². The van der Waals surface area contributed by atoms with Gasteiger partial charge in [0.15, 0.2) is 13.0 Å². The molecule has 0 spiro atoms. The average Bonchev–Trinajstić information content (AvgIpc) is 2.97. The van der Waals surface area contributed by atoms with Crippen molar-refractivity contribution in [3.63, 3.8) is 0 Å². The molecule has 2 atom stereocenters. The lowest BCUT2D eigenvalue weighted by atomic mass is 10.1. The molecule has 0 fully saturated rings. The Labute approximate surface area is 154 Å². The molecule has 1 aliphatic rings. The Morgan fingerprint density at radius 1 is 0.923 bits per heavy atom. The lowest BCUT2D eigenvalue weighted by molar-refractivity contribution is 0.286. The molecule has 1 aliphatic heterocycles. The number of aromatic nitrogens is 1. The van der Waals surface area contributed by atoms with E-state index in [1.165, 1.54) is 0 Å². The number of ether oxygens (including phenoxy) is 1. The van der Waals surface area contributed by atoms with Crippen LogP contribution in [0.1, 0.15) is 32.3 Å². The van der Waals surface area contributed by atoms with Crippen LogP contribution in [-0.2, 0) is 4.57 Å². The topological polar surface area (TPSA) is 39.2 Å². The van der Waals surface area contributed by atoms with E-state index >= 15 is 0 Å². The maximum Gasteiger partial charge on any atom is 0.197 e. The van der Waals surface area contributed by atoms with Gasteiger partial charge in [-0.1, -0.05) is 69.3 Å². The highest BCUT2D eigenvalue weighted by Gasteiger charge is 2.54. The zero-order chi connectivity index (χ0) is 18.4. The van der Waals surface area contributed by atoms with Gasteiger partial charge in [-0.3, -0.25) is 4.98 Å². The van der Waals surface area contributed by atoms with Crippen LogP contribution in [0.4, 0.5) is 0 Å². The molecule has 3 nitrogen and oxygen atoms in total. The summed E-state index contributed by atoms with van der Waals surface area (Å²) in [5, 5.41) is 0.389. The van der Waals surface area contributed by atoms with Gasteiger partial charge in [-0.2, -0.15) is 0 Å². The summed E-state index contributed by atoms with van der Waals surface area (Å²) >= 11 is 0. The van der Waals surface area contributed by atoms with E-state index < -0.39 is 18.1 Å². The molecule has 0 bridgehead atoms. The molecule has 0 aliphatic carbocycles. The Bertz CT molecular complexity index is 978. The highest BCUT2D eigenvalue weighted by molar-refractivity contribution is 7.74. The molecule has 26 heavy (non-hydrogen) atoms. The van der Waals surface area contributed by atoms with Crippen LogP contribution < -0.4 is 10.0 Å². The van der Waals surface area contributed by atoms with Gasteiger partial charge in [-0.25, -0.2) is 0 Å². The molecule has 1 aromatic heterocycles. The fraction of sp³-hybridized carbons (Fsp3) is 0.227. The van der Waals surface area contributed by atoms with E-state index in [-0.39, 0.29) is 0 Å². The predicted octanol–water partition coefficient (Wildman–Crippen LogP) is 5.63. The molecule has 3 aromatic rings. The number of fused-ring (bicyclic) bond motifs is 1. The highest BCUT2D eigenvalue weighted by Crippen LogP contribution is 2.72. The molecule has 0 saturated heterocycles. The van der Waals surface area contributed by atoms with Crippen LogP contribution in [0.15, 0.2) is 72.9 Å². The molecule has 4 rings (SSSR count).